The molecule has 0 bridgehead atoms. The van der Waals surface area contributed by atoms with E-state index < -0.39 is 0 Å². The van der Waals surface area contributed by atoms with Crippen LogP contribution in [0, 0.1) is 6.92 Å². The summed E-state index contributed by atoms with van der Waals surface area (Å²) >= 11 is 0. The van der Waals surface area contributed by atoms with E-state index >= 15 is 0 Å². The van der Waals surface area contributed by atoms with E-state index in [0.29, 0.717) is 6.04 Å². The van der Waals surface area contributed by atoms with Crippen molar-refractivity contribution in [2.75, 3.05) is 32.1 Å². The summed E-state index contributed by atoms with van der Waals surface area (Å²) in [6, 6.07) is 2.76. The smallest absolute Gasteiger partial charge is 0.132 e. The fourth-order valence-electron chi connectivity index (χ4n) is 2.48. The highest BCUT2D eigenvalue weighted by Gasteiger charge is 2.25. The summed E-state index contributed by atoms with van der Waals surface area (Å²) in [4.78, 5) is 13.9. The molecule has 1 atom stereocenters. The number of nitrogens with zero attached hydrogens (tertiary/aromatic N) is 4. The van der Waals surface area contributed by atoms with Crippen LogP contribution in [0.3, 0.4) is 0 Å². The van der Waals surface area contributed by atoms with Gasteiger partial charge in [0.2, 0.25) is 0 Å². The van der Waals surface area contributed by atoms with E-state index in [1.54, 1.807) is 0 Å². The summed E-state index contributed by atoms with van der Waals surface area (Å²) in [6.45, 7) is 6.41. The Morgan fingerprint density at radius 3 is 2.78 bits per heavy atom. The maximum Gasteiger partial charge on any atom is 0.132 e. The average molecular weight is 248 g/mol. The molecule has 0 aliphatic carbocycles. The zero-order chi connectivity index (χ0) is 13.1. The van der Waals surface area contributed by atoms with Crippen molar-refractivity contribution in [3.05, 3.63) is 17.6 Å². The molecule has 1 aliphatic rings. The van der Waals surface area contributed by atoms with Crippen molar-refractivity contribution in [3.63, 3.8) is 0 Å². The lowest BCUT2D eigenvalue weighted by atomic mass is 10.2. The van der Waals surface area contributed by atoms with Crippen molar-refractivity contribution in [1.82, 2.24) is 14.9 Å². The van der Waals surface area contributed by atoms with Crippen LogP contribution in [0.5, 0.6) is 0 Å². The molecule has 1 saturated heterocycles. The Hall–Kier alpha value is -1.16. The monoisotopic (exact) mass is 248 g/mol. The molecule has 1 aromatic rings. The van der Waals surface area contributed by atoms with Crippen LogP contribution >= 0.6 is 0 Å². The normalized spacial score (nSPS) is 19.8. The molecule has 0 aromatic carbocycles. The number of aromatic nitrogens is 2. The van der Waals surface area contributed by atoms with Crippen molar-refractivity contribution >= 4 is 5.82 Å². The van der Waals surface area contributed by atoms with Crippen LogP contribution in [-0.2, 0) is 6.42 Å². The lowest BCUT2D eigenvalue weighted by Crippen LogP contribution is -2.31. The molecule has 1 aromatic heterocycles. The van der Waals surface area contributed by atoms with Crippen molar-refractivity contribution in [1.29, 1.82) is 0 Å². The van der Waals surface area contributed by atoms with Gasteiger partial charge in [0.15, 0.2) is 0 Å². The molecule has 0 N–H and O–H groups in total. The zero-order valence-corrected chi connectivity index (χ0v) is 12.0. The van der Waals surface area contributed by atoms with Crippen LogP contribution in [0.1, 0.15) is 31.3 Å². The van der Waals surface area contributed by atoms with Gasteiger partial charge >= 0.3 is 0 Å². The second kappa shape index (κ2) is 5.65. The Bertz CT molecular complexity index is 403. The summed E-state index contributed by atoms with van der Waals surface area (Å²) in [7, 11) is 4.31. The molecule has 1 fully saturated rings. The zero-order valence-electron chi connectivity index (χ0n) is 12.0. The van der Waals surface area contributed by atoms with E-state index in [0.717, 1.165) is 43.3 Å². The van der Waals surface area contributed by atoms with Gasteiger partial charge in [-0.2, -0.15) is 0 Å². The van der Waals surface area contributed by atoms with Gasteiger partial charge in [0.25, 0.3) is 0 Å². The Morgan fingerprint density at radius 1 is 1.39 bits per heavy atom. The quantitative estimate of drug-likeness (QED) is 0.814. The molecule has 4 heteroatoms. The Morgan fingerprint density at radius 2 is 2.17 bits per heavy atom. The predicted molar refractivity (Wildman–Crippen MR) is 75.1 cm³/mol. The summed E-state index contributed by atoms with van der Waals surface area (Å²) < 4.78 is 0. The van der Waals surface area contributed by atoms with Gasteiger partial charge in [0.05, 0.1) is 0 Å². The lowest BCUT2D eigenvalue weighted by molar-refractivity contribution is 0.315. The van der Waals surface area contributed by atoms with Crippen LogP contribution in [0.2, 0.25) is 0 Å². The number of aryl methyl sites for hydroxylation is 2. The van der Waals surface area contributed by atoms with Crippen molar-refractivity contribution in [3.8, 4) is 0 Å². The third-order valence-corrected chi connectivity index (χ3v) is 3.58. The van der Waals surface area contributed by atoms with Gasteiger partial charge in [0.1, 0.15) is 11.6 Å². The largest absolute Gasteiger partial charge is 0.355 e. The van der Waals surface area contributed by atoms with Crippen molar-refractivity contribution in [2.45, 2.75) is 39.2 Å². The maximum absolute atomic E-state index is 4.70. The van der Waals surface area contributed by atoms with E-state index in [-0.39, 0.29) is 0 Å². The van der Waals surface area contributed by atoms with Gasteiger partial charge in [-0.3, -0.25) is 0 Å². The van der Waals surface area contributed by atoms with Crippen LogP contribution < -0.4 is 4.90 Å². The first-order valence-corrected chi connectivity index (χ1v) is 6.86. The van der Waals surface area contributed by atoms with Gasteiger partial charge in [0, 0.05) is 37.3 Å². The van der Waals surface area contributed by atoms with Gasteiger partial charge < -0.3 is 9.80 Å². The molecule has 0 amide bonds. The Balaban J connectivity index is 2.13. The van der Waals surface area contributed by atoms with Crippen LogP contribution in [0.15, 0.2) is 6.07 Å². The van der Waals surface area contributed by atoms with E-state index in [2.05, 4.69) is 48.8 Å². The van der Waals surface area contributed by atoms with Gasteiger partial charge in [-0.1, -0.05) is 6.92 Å². The van der Waals surface area contributed by atoms with Crippen LogP contribution in [0.25, 0.3) is 0 Å². The number of rotatable bonds is 4. The molecule has 0 saturated carbocycles. The van der Waals surface area contributed by atoms with Crippen molar-refractivity contribution in [2.24, 2.45) is 0 Å². The highest BCUT2D eigenvalue weighted by molar-refractivity contribution is 5.41. The minimum Gasteiger partial charge on any atom is -0.355 e. The predicted octanol–water partition coefficient (Wildman–Crippen LogP) is 1.88. The molecular formula is C14H24N4. The average Bonchev–Trinajstić information content (AvgIpc) is 2.78. The number of anilines is 1. The molecular weight excluding hydrogens is 224 g/mol. The number of likely N-dealkylation sites (N-methyl/N-ethyl adjacent to an activating group) is 1. The number of hydrogen-bond acceptors (Lipinski definition) is 4. The lowest BCUT2D eigenvalue weighted by Gasteiger charge is -2.21. The summed E-state index contributed by atoms with van der Waals surface area (Å²) in [5.41, 5.74) is 1.08. The molecule has 1 aliphatic heterocycles. The molecule has 4 nitrogen and oxygen atoms in total. The summed E-state index contributed by atoms with van der Waals surface area (Å²) in [6.07, 6.45) is 3.29. The Kier molecular flexibility index (Phi) is 4.17. The molecule has 100 valence electrons. The molecule has 0 radical (unpaired) electrons. The van der Waals surface area contributed by atoms with E-state index in [1.807, 2.05) is 0 Å². The standard InChI is InChI=1S/C14H24N4/c1-5-6-13-15-11(2)9-14(16-13)18-8-7-12(10-18)17(3)4/h9,12H,5-8,10H2,1-4H3/t12-/m0/s1. The molecule has 2 heterocycles. The number of hydrogen-bond donors (Lipinski definition) is 0. The molecule has 0 spiro atoms. The second-order valence-corrected chi connectivity index (χ2v) is 5.39. The molecule has 0 unspecified atom stereocenters. The minimum absolute atomic E-state index is 0.648. The first-order chi connectivity index (χ1) is 8.60. The third kappa shape index (κ3) is 2.99. The van der Waals surface area contributed by atoms with Crippen LogP contribution in [-0.4, -0.2) is 48.1 Å². The van der Waals surface area contributed by atoms with E-state index in [4.69, 9.17) is 4.98 Å². The third-order valence-electron chi connectivity index (χ3n) is 3.58. The second-order valence-electron chi connectivity index (χ2n) is 5.39. The van der Waals surface area contributed by atoms with Gasteiger partial charge in [-0.25, -0.2) is 9.97 Å². The van der Waals surface area contributed by atoms with Crippen molar-refractivity contribution < 1.29 is 0 Å². The topological polar surface area (TPSA) is 32.3 Å². The summed E-state index contributed by atoms with van der Waals surface area (Å²) in [5, 5.41) is 0. The first kappa shape index (κ1) is 13.3. The first-order valence-electron chi connectivity index (χ1n) is 6.86. The highest BCUT2D eigenvalue weighted by Crippen LogP contribution is 2.21. The van der Waals surface area contributed by atoms with Crippen LogP contribution in [0.4, 0.5) is 5.82 Å². The fraction of sp³-hybridized carbons (Fsp3) is 0.714. The molecule has 2 rings (SSSR count). The minimum atomic E-state index is 0.648. The fourth-order valence-corrected chi connectivity index (χ4v) is 2.48. The van der Waals surface area contributed by atoms with Gasteiger partial charge in [-0.15, -0.1) is 0 Å². The van der Waals surface area contributed by atoms with E-state index in [1.165, 1.54) is 6.42 Å². The SMILES string of the molecule is CCCc1nc(C)cc(N2CC[C@H](N(C)C)C2)n1. The maximum atomic E-state index is 4.70. The Labute approximate surface area is 110 Å². The van der Waals surface area contributed by atoms with Gasteiger partial charge in [-0.05, 0) is 33.9 Å². The van der Waals surface area contributed by atoms with E-state index in [9.17, 15) is 0 Å². The molecule has 18 heavy (non-hydrogen) atoms. The summed E-state index contributed by atoms with van der Waals surface area (Å²) in [5.74, 6) is 2.09. The highest BCUT2D eigenvalue weighted by atomic mass is 15.3.